The Labute approximate surface area is 297 Å². The Morgan fingerprint density at radius 1 is 0.846 bits per heavy atom. The van der Waals surface area contributed by atoms with E-state index in [0.717, 1.165) is 83.9 Å². The van der Waals surface area contributed by atoms with Gasteiger partial charge in [-0.05, 0) is 84.8 Å². The molecule has 14 heteroatoms. The van der Waals surface area contributed by atoms with E-state index in [1.165, 1.54) is 12.1 Å². The zero-order valence-corrected chi connectivity index (χ0v) is 28.2. The van der Waals surface area contributed by atoms with Gasteiger partial charge in [-0.1, -0.05) is 18.2 Å². The average molecular weight is 715 g/mol. The molecule has 8 rings (SSSR count). The minimum Gasteiger partial charge on any atom is -0.406 e. The first-order chi connectivity index (χ1) is 25.0. The quantitative estimate of drug-likeness (QED) is 0.242. The van der Waals surface area contributed by atoms with Gasteiger partial charge < -0.3 is 19.9 Å². The fourth-order valence-electron chi connectivity index (χ4n) is 8.30. The van der Waals surface area contributed by atoms with Gasteiger partial charge in [0, 0.05) is 74.0 Å². The van der Waals surface area contributed by atoms with Gasteiger partial charge in [0.25, 0.3) is 11.8 Å². The van der Waals surface area contributed by atoms with Crippen molar-refractivity contribution in [2.75, 3.05) is 37.6 Å². The van der Waals surface area contributed by atoms with Gasteiger partial charge in [-0.2, -0.15) is 0 Å². The summed E-state index contributed by atoms with van der Waals surface area (Å²) in [6.07, 6.45) is -1.74. The normalized spacial score (nSPS) is 22.0. The molecule has 3 saturated heterocycles. The van der Waals surface area contributed by atoms with Crippen LogP contribution in [0.15, 0.2) is 66.9 Å². The van der Waals surface area contributed by atoms with Crippen LogP contribution in [0, 0.1) is 11.8 Å². The van der Waals surface area contributed by atoms with Gasteiger partial charge in [0.15, 0.2) is 0 Å². The minimum atomic E-state index is -4.76. The maximum atomic E-state index is 13.4. The van der Waals surface area contributed by atoms with Crippen molar-refractivity contribution < 1.29 is 37.1 Å². The van der Waals surface area contributed by atoms with Crippen molar-refractivity contribution >= 4 is 40.2 Å². The number of imide groups is 2. The van der Waals surface area contributed by atoms with Crippen LogP contribution in [0.5, 0.6) is 5.75 Å². The first-order valence-corrected chi connectivity index (χ1v) is 17.5. The van der Waals surface area contributed by atoms with Crippen LogP contribution in [0.4, 0.5) is 18.9 Å². The number of nitrogens with two attached hydrogens (primary N) is 1. The number of likely N-dealkylation sites (tertiary alicyclic amines) is 1. The number of carbonyl (C=O) groups excluding carboxylic acids is 4. The molecule has 4 aliphatic heterocycles. The van der Waals surface area contributed by atoms with Crippen LogP contribution >= 0.6 is 0 Å². The third kappa shape index (κ3) is 6.30. The second kappa shape index (κ2) is 13.1. The highest BCUT2D eigenvalue weighted by Gasteiger charge is 2.46. The Kier molecular flexibility index (Phi) is 8.53. The van der Waals surface area contributed by atoms with Crippen molar-refractivity contribution in [2.45, 2.75) is 44.8 Å². The van der Waals surface area contributed by atoms with Gasteiger partial charge in [0.1, 0.15) is 11.8 Å². The molecule has 0 spiro atoms. The number of hydrogen-bond acceptors (Lipinski definition) is 8. The lowest BCUT2D eigenvalue weighted by molar-refractivity contribution is -0.274. The molecule has 0 bridgehead atoms. The van der Waals surface area contributed by atoms with E-state index < -0.39 is 36.0 Å². The van der Waals surface area contributed by atoms with Crippen LogP contribution < -0.4 is 20.7 Å². The van der Waals surface area contributed by atoms with E-state index >= 15 is 0 Å². The summed E-state index contributed by atoms with van der Waals surface area (Å²) >= 11 is 0. The zero-order chi connectivity index (χ0) is 36.3. The number of carbonyl (C=O) groups is 4. The molecule has 3 atom stereocenters. The molecule has 11 nitrogen and oxygen atoms in total. The van der Waals surface area contributed by atoms with E-state index in [2.05, 4.69) is 42.6 Å². The first-order valence-electron chi connectivity index (χ1n) is 17.5. The Morgan fingerprint density at radius 3 is 2.27 bits per heavy atom. The topological polar surface area (TPSA) is 130 Å². The molecule has 52 heavy (non-hydrogen) atoms. The molecule has 3 unspecified atom stereocenters. The summed E-state index contributed by atoms with van der Waals surface area (Å²) in [6, 6.07) is 16.6. The molecule has 3 N–H and O–H groups in total. The lowest BCUT2D eigenvalue weighted by Gasteiger charge is -2.27. The summed E-state index contributed by atoms with van der Waals surface area (Å²) in [4.78, 5) is 56.3. The summed E-state index contributed by atoms with van der Waals surface area (Å²) in [7, 11) is 0. The highest BCUT2D eigenvalue weighted by Crippen LogP contribution is 2.38. The number of alkyl halides is 3. The SMILES string of the molecule is NCCCn1cc(-c2ccc(OC(F)(F)F)cc2)c2cc(CN3CC4CN(c5ccc6c(c5)C(=O)N(C5CCC(=O)NC5=O)C6=O)CC4C3)ccc21. The second-order valence-electron chi connectivity index (χ2n) is 14.1. The maximum absolute atomic E-state index is 13.4. The number of aromatic nitrogens is 1. The number of anilines is 1. The third-order valence-electron chi connectivity index (χ3n) is 10.7. The fourth-order valence-corrected chi connectivity index (χ4v) is 8.30. The predicted molar refractivity (Wildman–Crippen MR) is 185 cm³/mol. The van der Waals surface area contributed by atoms with Crippen LogP contribution in [0.1, 0.15) is 45.5 Å². The molecule has 0 aliphatic carbocycles. The van der Waals surface area contributed by atoms with Crippen molar-refractivity contribution in [1.82, 2.24) is 19.7 Å². The number of benzene rings is 3. The molecule has 1 aromatic heterocycles. The summed E-state index contributed by atoms with van der Waals surface area (Å²) in [5.41, 5.74) is 11.1. The molecule has 3 aromatic carbocycles. The number of nitrogens with zero attached hydrogens (tertiary/aromatic N) is 4. The van der Waals surface area contributed by atoms with E-state index in [4.69, 9.17) is 5.73 Å². The van der Waals surface area contributed by atoms with E-state index in [1.54, 1.807) is 24.3 Å². The van der Waals surface area contributed by atoms with E-state index in [9.17, 15) is 32.3 Å². The number of piperidine rings is 1. The van der Waals surface area contributed by atoms with Crippen molar-refractivity contribution in [3.8, 4) is 16.9 Å². The molecule has 4 aliphatic rings. The van der Waals surface area contributed by atoms with Crippen molar-refractivity contribution in [3.63, 3.8) is 0 Å². The van der Waals surface area contributed by atoms with Gasteiger partial charge in [-0.15, -0.1) is 13.2 Å². The Hall–Kier alpha value is -5.21. The number of rotatable bonds is 9. The summed E-state index contributed by atoms with van der Waals surface area (Å²) in [5, 5.41) is 3.25. The number of aryl methyl sites for hydroxylation is 1. The largest absolute Gasteiger partial charge is 0.573 e. The average Bonchev–Trinajstić information content (AvgIpc) is 3.84. The van der Waals surface area contributed by atoms with E-state index in [1.807, 2.05) is 12.3 Å². The minimum absolute atomic E-state index is 0.0720. The van der Waals surface area contributed by atoms with Gasteiger partial charge >= 0.3 is 6.36 Å². The smallest absolute Gasteiger partial charge is 0.406 e. The van der Waals surface area contributed by atoms with Gasteiger partial charge in [-0.25, -0.2) is 0 Å². The molecule has 5 heterocycles. The molecule has 0 radical (unpaired) electrons. The number of hydrogen-bond donors (Lipinski definition) is 2. The summed E-state index contributed by atoms with van der Waals surface area (Å²) in [6.45, 7) is 5.42. The monoisotopic (exact) mass is 714 g/mol. The molecular formula is C38H37F3N6O5. The number of amides is 4. The Morgan fingerprint density at radius 2 is 1.58 bits per heavy atom. The molecule has 270 valence electrons. The Bertz CT molecular complexity index is 2080. The fraction of sp³-hybridized carbons (Fsp3) is 0.368. The number of ether oxygens (including phenoxy) is 1. The molecule has 4 amide bonds. The summed E-state index contributed by atoms with van der Waals surface area (Å²) in [5.74, 6) is -1.49. The van der Waals surface area contributed by atoms with Crippen LogP contribution in [-0.2, 0) is 22.7 Å². The number of halogens is 3. The van der Waals surface area contributed by atoms with Crippen LogP contribution in [0.2, 0.25) is 0 Å². The Balaban J connectivity index is 0.948. The summed E-state index contributed by atoms with van der Waals surface area (Å²) < 4.78 is 44.5. The first kappa shape index (κ1) is 33.9. The van der Waals surface area contributed by atoms with Crippen molar-refractivity contribution in [3.05, 3.63) is 83.6 Å². The molecular weight excluding hydrogens is 677 g/mol. The third-order valence-corrected chi connectivity index (χ3v) is 10.7. The standard InChI is InChI=1S/C38H37F3N6O5/c39-38(40,41)52-27-6-3-23(4-7-27)31-21-45(13-1-12-42)32-9-2-22(14-29(31)32)16-44-17-24-19-46(20-25(24)18-44)26-5-8-28-30(15-26)37(51)47(36(28)50)33-10-11-34(48)43-35(33)49/h2-9,14-15,21,24-25,33H,1,10-13,16-20,42H2,(H,43,48,49). The molecule has 4 aromatic rings. The van der Waals surface area contributed by atoms with Gasteiger partial charge in [-0.3, -0.25) is 34.3 Å². The van der Waals surface area contributed by atoms with Gasteiger partial charge in [0.05, 0.1) is 11.1 Å². The van der Waals surface area contributed by atoms with Crippen LogP contribution in [-0.4, -0.2) is 83.1 Å². The second-order valence-corrected chi connectivity index (χ2v) is 14.1. The predicted octanol–water partition coefficient (Wildman–Crippen LogP) is 4.53. The highest BCUT2D eigenvalue weighted by molar-refractivity contribution is 6.23. The highest BCUT2D eigenvalue weighted by atomic mass is 19.4. The van der Waals surface area contributed by atoms with Crippen LogP contribution in [0.25, 0.3) is 22.0 Å². The zero-order valence-electron chi connectivity index (χ0n) is 28.2. The molecule has 0 saturated carbocycles. The number of nitrogens with one attached hydrogen (secondary N) is 1. The maximum Gasteiger partial charge on any atom is 0.573 e. The van der Waals surface area contributed by atoms with Crippen molar-refractivity contribution in [1.29, 1.82) is 0 Å². The van der Waals surface area contributed by atoms with Crippen molar-refractivity contribution in [2.24, 2.45) is 17.6 Å². The van der Waals surface area contributed by atoms with Gasteiger partial charge in [0.2, 0.25) is 11.8 Å². The van der Waals surface area contributed by atoms with E-state index in [0.29, 0.717) is 18.4 Å². The lowest BCUT2D eigenvalue weighted by Crippen LogP contribution is -2.54. The van der Waals surface area contributed by atoms with E-state index in [-0.39, 0.29) is 29.7 Å². The number of fused-ring (bicyclic) bond motifs is 3. The lowest BCUT2D eigenvalue weighted by atomic mass is 10.0. The van der Waals surface area contributed by atoms with Crippen LogP contribution in [0.3, 0.4) is 0 Å². The molecule has 3 fully saturated rings.